The molecule has 0 bridgehead atoms. The van der Waals surface area contributed by atoms with E-state index in [1.54, 1.807) is 32.0 Å². The lowest BCUT2D eigenvalue weighted by molar-refractivity contribution is -0.227. The number of hydrogen-bond acceptors (Lipinski definition) is 4. The summed E-state index contributed by atoms with van der Waals surface area (Å²) in [5.41, 5.74) is -3.60. The van der Waals surface area contributed by atoms with E-state index in [-0.39, 0.29) is 6.54 Å². The molecule has 27 heavy (non-hydrogen) atoms. The van der Waals surface area contributed by atoms with E-state index in [1.807, 2.05) is 0 Å². The van der Waals surface area contributed by atoms with Crippen LogP contribution in [0.2, 0.25) is 0 Å². The van der Waals surface area contributed by atoms with Crippen LogP contribution in [0.3, 0.4) is 0 Å². The van der Waals surface area contributed by atoms with Gasteiger partial charge in [0.15, 0.2) is 16.9 Å². The van der Waals surface area contributed by atoms with Crippen LogP contribution in [-0.4, -0.2) is 55.4 Å². The monoisotopic (exact) mass is 389 g/mol. The molecular formula is C18H22F3NO5. The van der Waals surface area contributed by atoms with Crippen molar-refractivity contribution in [2.45, 2.75) is 31.9 Å². The lowest BCUT2D eigenvalue weighted by Gasteiger charge is -2.32. The van der Waals surface area contributed by atoms with Gasteiger partial charge in [-0.2, -0.15) is 13.2 Å². The van der Waals surface area contributed by atoms with Crippen molar-refractivity contribution < 1.29 is 37.3 Å². The number of carboxylic acid groups (broad SMARTS) is 1. The minimum absolute atomic E-state index is 0.276. The Hall–Kier alpha value is -2.45. The highest BCUT2D eigenvalue weighted by Crippen LogP contribution is 2.46. The van der Waals surface area contributed by atoms with Crippen LogP contribution in [0.1, 0.15) is 25.8 Å². The number of nitrogens with zero attached hydrogens (tertiary/aromatic N) is 1. The van der Waals surface area contributed by atoms with E-state index in [0.717, 1.165) is 4.90 Å². The maximum atomic E-state index is 13.4. The number of amides is 1. The van der Waals surface area contributed by atoms with Crippen molar-refractivity contribution in [2.24, 2.45) is 5.41 Å². The smallest absolute Gasteiger partial charge is 0.406 e. The van der Waals surface area contributed by atoms with E-state index in [1.165, 1.54) is 14.2 Å². The van der Waals surface area contributed by atoms with Crippen molar-refractivity contribution in [2.75, 3.05) is 27.3 Å². The van der Waals surface area contributed by atoms with Crippen molar-refractivity contribution in [3.8, 4) is 11.5 Å². The normalized spacial score (nSPS) is 20.5. The van der Waals surface area contributed by atoms with Crippen molar-refractivity contribution >= 4 is 11.9 Å². The number of hydrogen-bond donors (Lipinski definition) is 1. The molecule has 1 aliphatic rings. The zero-order chi connectivity index (χ0) is 20.6. The predicted molar refractivity (Wildman–Crippen MR) is 89.9 cm³/mol. The number of halogens is 3. The first-order valence-corrected chi connectivity index (χ1v) is 8.22. The van der Waals surface area contributed by atoms with Gasteiger partial charge in [-0.25, -0.2) is 0 Å². The van der Waals surface area contributed by atoms with E-state index in [0.29, 0.717) is 17.1 Å². The first kappa shape index (κ1) is 20.9. The van der Waals surface area contributed by atoms with Crippen molar-refractivity contribution in [1.82, 2.24) is 4.90 Å². The van der Waals surface area contributed by atoms with Crippen LogP contribution in [-0.2, 0) is 15.0 Å². The Labute approximate surface area is 154 Å². The van der Waals surface area contributed by atoms with Gasteiger partial charge in [-0.15, -0.1) is 0 Å². The molecule has 1 heterocycles. The lowest BCUT2D eigenvalue weighted by Crippen LogP contribution is -2.49. The number of benzene rings is 1. The molecule has 9 heteroatoms. The Kier molecular flexibility index (Phi) is 5.36. The summed E-state index contributed by atoms with van der Waals surface area (Å²) in [6.07, 6.45) is -5.61. The Bertz CT molecular complexity index is 747. The van der Waals surface area contributed by atoms with E-state index in [4.69, 9.17) is 14.6 Å². The molecular weight excluding hydrogens is 367 g/mol. The molecule has 1 aromatic rings. The number of likely N-dealkylation sites (tertiary alicyclic amines) is 1. The molecule has 1 saturated heterocycles. The van der Waals surface area contributed by atoms with E-state index < -0.39 is 41.8 Å². The maximum Gasteiger partial charge on any atom is 0.406 e. The molecule has 1 atom stereocenters. The van der Waals surface area contributed by atoms with Gasteiger partial charge in [0.25, 0.3) is 0 Å². The average Bonchev–Trinajstić information content (AvgIpc) is 3.07. The average molecular weight is 389 g/mol. The Morgan fingerprint density at radius 3 is 2.19 bits per heavy atom. The molecule has 1 amide bonds. The van der Waals surface area contributed by atoms with Crippen LogP contribution in [0.15, 0.2) is 18.2 Å². The maximum absolute atomic E-state index is 13.4. The number of carbonyl (C=O) groups is 2. The van der Waals surface area contributed by atoms with Crippen LogP contribution in [0.4, 0.5) is 13.2 Å². The van der Waals surface area contributed by atoms with Gasteiger partial charge >= 0.3 is 12.1 Å². The number of ether oxygens (including phenoxy) is 2. The number of carboxylic acids is 1. The van der Waals surface area contributed by atoms with E-state index >= 15 is 0 Å². The van der Waals surface area contributed by atoms with Gasteiger partial charge in [0, 0.05) is 13.1 Å². The minimum Gasteiger partial charge on any atom is -0.493 e. The highest BCUT2D eigenvalue weighted by Gasteiger charge is 2.64. The summed E-state index contributed by atoms with van der Waals surface area (Å²) in [4.78, 5) is 25.2. The summed E-state index contributed by atoms with van der Waals surface area (Å²) < 4.78 is 50.4. The zero-order valence-corrected chi connectivity index (χ0v) is 15.5. The first-order valence-electron chi connectivity index (χ1n) is 8.22. The quantitative estimate of drug-likeness (QED) is 0.838. The predicted octanol–water partition coefficient (Wildman–Crippen LogP) is 2.85. The molecule has 150 valence electrons. The Morgan fingerprint density at radius 2 is 1.74 bits per heavy atom. The molecule has 6 nitrogen and oxygen atoms in total. The second kappa shape index (κ2) is 6.94. The number of rotatable bonds is 5. The van der Waals surface area contributed by atoms with Gasteiger partial charge in [-0.1, -0.05) is 6.07 Å². The highest BCUT2D eigenvalue weighted by atomic mass is 19.4. The molecule has 1 unspecified atom stereocenters. The fraction of sp³-hybridized carbons (Fsp3) is 0.556. The lowest BCUT2D eigenvalue weighted by atomic mass is 9.82. The molecule has 0 spiro atoms. The second-order valence-corrected chi connectivity index (χ2v) is 7.06. The molecule has 1 fully saturated rings. The van der Waals surface area contributed by atoms with Gasteiger partial charge in [0.05, 0.1) is 19.6 Å². The van der Waals surface area contributed by atoms with Gasteiger partial charge in [0.1, 0.15) is 0 Å². The van der Waals surface area contributed by atoms with Crippen LogP contribution in [0.5, 0.6) is 11.5 Å². The van der Waals surface area contributed by atoms with Gasteiger partial charge in [-0.05, 0) is 38.0 Å². The Balaban J connectivity index is 2.33. The molecule has 0 aromatic heterocycles. The second-order valence-electron chi connectivity index (χ2n) is 7.06. The van der Waals surface area contributed by atoms with Crippen LogP contribution in [0.25, 0.3) is 0 Å². The summed E-state index contributed by atoms with van der Waals surface area (Å²) in [7, 11) is 2.89. The third kappa shape index (κ3) is 3.42. The van der Waals surface area contributed by atoms with Crippen LogP contribution in [0, 0.1) is 5.41 Å². The molecule has 2 rings (SSSR count). The third-order valence-corrected chi connectivity index (χ3v) is 5.15. The third-order valence-electron chi connectivity index (χ3n) is 5.15. The largest absolute Gasteiger partial charge is 0.493 e. The SMILES string of the molecule is COc1ccc(C(C)(C)C(=O)N2CCC(C(=O)O)(C(F)(F)F)C2)cc1OC. The summed E-state index contributed by atoms with van der Waals surface area (Å²) >= 11 is 0. The molecule has 1 N–H and O–H groups in total. The van der Waals surface area contributed by atoms with E-state index in [9.17, 15) is 22.8 Å². The molecule has 0 saturated carbocycles. The summed E-state index contributed by atoms with van der Waals surface area (Å²) in [5.74, 6) is -1.71. The van der Waals surface area contributed by atoms with Crippen molar-refractivity contribution in [1.29, 1.82) is 0 Å². The molecule has 0 radical (unpaired) electrons. The number of aliphatic carboxylic acids is 1. The van der Waals surface area contributed by atoms with E-state index in [2.05, 4.69) is 0 Å². The van der Waals surface area contributed by atoms with Crippen LogP contribution >= 0.6 is 0 Å². The van der Waals surface area contributed by atoms with Crippen molar-refractivity contribution in [3.05, 3.63) is 23.8 Å². The fourth-order valence-electron chi connectivity index (χ4n) is 3.25. The summed E-state index contributed by atoms with van der Waals surface area (Å²) in [5, 5.41) is 9.16. The fourth-order valence-corrected chi connectivity index (χ4v) is 3.25. The summed E-state index contributed by atoms with van der Waals surface area (Å²) in [6.45, 7) is 1.97. The van der Waals surface area contributed by atoms with Crippen LogP contribution < -0.4 is 9.47 Å². The Morgan fingerprint density at radius 1 is 1.15 bits per heavy atom. The van der Waals surface area contributed by atoms with Gasteiger partial charge < -0.3 is 19.5 Å². The van der Waals surface area contributed by atoms with Crippen molar-refractivity contribution in [3.63, 3.8) is 0 Å². The topological polar surface area (TPSA) is 76.1 Å². The molecule has 1 aliphatic heterocycles. The first-order chi connectivity index (χ1) is 12.4. The number of alkyl halides is 3. The van der Waals surface area contributed by atoms with Gasteiger partial charge in [0.2, 0.25) is 5.91 Å². The standard InChI is InChI=1S/C18H22F3NO5/c1-16(2,11-5-6-12(26-3)13(9-11)27-4)14(23)22-8-7-17(10-22,15(24)25)18(19,20)21/h5-6,9H,7-8,10H2,1-4H3,(H,24,25). The number of methoxy groups -OCH3 is 2. The molecule has 0 aliphatic carbocycles. The highest BCUT2D eigenvalue weighted by molar-refractivity contribution is 5.89. The van der Waals surface area contributed by atoms with Gasteiger partial charge in [-0.3, -0.25) is 9.59 Å². The number of carbonyl (C=O) groups excluding carboxylic acids is 1. The zero-order valence-electron chi connectivity index (χ0n) is 15.5. The summed E-state index contributed by atoms with van der Waals surface area (Å²) in [6, 6.07) is 4.81. The molecule has 1 aromatic carbocycles. The minimum atomic E-state index is -4.94.